The minimum atomic E-state index is -1.76. The smallest absolute Gasteiger partial charge is 0.352 e. The number of amides is 3. The summed E-state index contributed by atoms with van der Waals surface area (Å²) in [6.45, 7) is 5.64. The molecule has 2 aromatic rings. The van der Waals surface area contributed by atoms with Gasteiger partial charge in [-0.1, -0.05) is 16.8 Å². The first-order valence-corrected chi connectivity index (χ1v) is 17.9. The van der Waals surface area contributed by atoms with Gasteiger partial charge in [-0.2, -0.15) is 0 Å². The maximum Gasteiger partial charge on any atom is 0.352 e. The van der Waals surface area contributed by atoms with Crippen LogP contribution in [0.5, 0.6) is 11.5 Å². The van der Waals surface area contributed by atoms with Crippen molar-refractivity contribution in [3.63, 3.8) is 0 Å². The zero-order chi connectivity index (χ0) is 37.6. The van der Waals surface area contributed by atoms with Crippen LogP contribution in [0.4, 0.5) is 0 Å². The van der Waals surface area contributed by atoms with Gasteiger partial charge < -0.3 is 40.4 Å². The number of aromatic nitrogens is 1. The molecule has 4 saturated heterocycles. The number of aliphatic carboxylic acids is 2. The first-order chi connectivity index (χ1) is 24.6. The average molecular weight is 758 g/mol. The van der Waals surface area contributed by atoms with Crippen molar-refractivity contribution >= 4 is 58.7 Å². The molecule has 18 heteroatoms. The molecule has 2 bridgehead atoms. The van der Waals surface area contributed by atoms with E-state index in [1.807, 2.05) is 0 Å². The van der Waals surface area contributed by atoms with Crippen LogP contribution in [0.3, 0.4) is 0 Å². The number of pyridine rings is 1. The normalized spacial score (nSPS) is 25.6. The number of β-lactam (4-membered cyclic amide) rings is 1. The molecular weight excluding hydrogens is 720 g/mol. The lowest BCUT2D eigenvalue weighted by Crippen LogP contribution is -2.71. The van der Waals surface area contributed by atoms with E-state index in [-0.39, 0.29) is 33.0 Å². The summed E-state index contributed by atoms with van der Waals surface area (Å²) in [6, 6.07) is 4.57. The number of phenolic OH excluding ortho intramolecular Hbond substituents is 2. The van der Waals surface area contributed by atoms with Crippen molar-refractivity contribution in [2.45, 2.75) is 50.1 Å². The molecule has 0 saturated carbocycles. The van der Waals surface area contributed by atoms with Crippen molar-refractivity contribution in [1.82, 2.24) is 20.5 Å². The number of carboxylic acid groups (broad SMARTS) is 2. The third kappa shape index (κ3) is 6.87. The summed E-state index contributed by atoms with van der Waals surface area (Å²) < 4.78 is 0.657. The highest BCUT2D eigenvalue weighted by Gasteiger charge is 2.56. The number of hydrogen-bond acceptors (Lipinski definition) is 11. The molecule has 3 amide bonds. The van der Waals surface area contributed by atoms with E-state index in [9.17, 15) is 44.4 Å². The second kappa shape index (κ2) is 13.9. The molecule has 7 rings (SSSR count). The molecule has 276 valence electrons. The molecule has 1 unspecified atom stereocenters. The molecule has 1 aromatic heterocycles. The van der Waals surface area contributed by atoms with Crippen LogP contribution in [0.25, 0.3) is 0 Å². The first-order valence-electron chi connectivity index (χ1n) is 16.5. The summed E-state index contributed by atoms with van der Waals surface area (Å²) in [5.74, 6) is -5.04. The Hall–Kier alpha value is -4.87. The quantitative estimate of drug-likeness (QED) is 0.0600. The van der Waals surface area contributed by atoms with E-state index in [0.717, 1.165) is 38.9 Å². The number of carbonyl (C=O) groups excluding carboxylic acids is 3. The van der Waals surface area contributed by atoms with Crippen LogP contribution in [-0.4, -0.2) is 126 Å². The average Bonchev–Trinajstić information content (AvgIpc) is 3.13. The molecule has 5 aliphatic rings. The SMILES string of the molecule is CC(C)(O/N=C(\C(=O)NC1C(=O)N2C(C(=O)O)=C(C[N+]34CCC(CNC(=O)c5ccc(O)c(O)c5Cl)(CC3)CC4)CS[C@H]12)c1cccnc1)C(=O)O. The highest BCUT2D eigenvalue weighted by molar-refractivity contribution is 8.00. The Morgan fingerprint density at radius 3 is 2.44 bits per heavy atom. The number of fused-ring (bicyclic) bond motifs is 4. The van der Waals surface area contributed by atoms with E-state index in [4.69, 9.17) is 16.4 Å². The highest BCUT2D eigenvalue weighted by Crippen LogP contribution is 2.46. The summed E-state index contributed by atoms with van der Waals surface area (Å²) in [5, 5.41) is 47.8. The van der Waals surface area contributed by atoms with Crippen LogP contribution in [-0.2, 0) is 24.0 Å². The van der Waals surface area contributed by atoms with Crippen molar-refractivity contribution in [3.05, 3.63) is 64.1 Å². The van der Waals surface area contributed by atoms with Crippen molar-refractivity contribution in [3.8, 4) is 11.5 Å². The molecule has 2 atom stereocenters. The fourth-order valence-electron chi connectivity index (χ4n) is 7.07. The Morgan fingerprint density at radius 2 is 1.83 bits per heavy atom. The number of oxime groups is 1. The highest BCUT2D eigenvalue weighted by atomic mass is 35.5. The van der Waals surface area contributed by atoms with Gasteiger partial charge in [0.05, 0.1) is 30.2 Å². The number of phenols is 2. The lowest BCUT2D eigenvalue weighted by molar-refractivity contribution is -0.941. The molecule has 6 N–H and O–H groups in total. The summed E-state index contributed by atoms with van der Waals surface area (Å²) in [4.78, 5) is 74.4. The predicted molar refractivity (Wildman–Crippen MR) is 186 cm³/mol. The molecule has 6 heterocycles. The lowest BCUT2D eigenvalue weighted by atomic mass is 9.70. The van der Waals surface area contributed by atoms with E-state index in [0.29, 0.717) is 28.9 Å². The fraction of sp³-hybridized carbons (Fsp3) is 0.441. The van der Waals surface area contributed by atoms with E-state index >= 15 is 0 Å². The Balaban J connectivity index is 1.11. The molecular formula is C34H38ClN6O10S+. The van der Waals surface area contributed by atoms with Crippen LogP contribution in [0.1, 0.15) is 49.0 Å². The molecule has 4 fully saturated rings. The van der Waals surface area contributed by atoms with Gasteiger partial charge in [0.1, 0.15) is 23.7 Å². The number of piperidine rings is 3. The minimum Gasteiger partial charge on any atom is -0.504 e. The van der Waals surface area contributed by atoms with Crippen LogP contribution >= 0.6 is 23.4 Å². The van der Waals surface area contributed by atoms with Gasteiger partial charge in [-0.25, -0.2) is 9.59 Å². The van der Waals surface area contributed by atoms with Gasteiger partial charge in [0.15, 0.2) is 17.2 Å². The van der Waals surface area contributed by atoms with Gasteiger partial charge in [0, 0.05) is 60.5 Å². The third-order valence-electron chi connectivity index (χ3n) is 10.4. The van der Waals surface area contributed by atoms with Crippen LogP contribution in [0.2, 0.25) is 5.02 Å². The largest absolute Gasteiger partial charge is 0.504 e. The van der Waals surface area contributed by atoms with Crippen LogP contribution < -0.4 is 10.6 Å². The number of carboxylic acids is 2. The number of hydrogen-bond donors (Lipinski definition) is 6. The Morgan fingerprint density at radius 1 is 1.13 bits per heavy atom. The summed E-state index contributed by atoms with van der Waals surface area (Å²) in [5.41, 5.74) is -1.36. The second-order valence-corrected chi connectivity index (χ2v) is 15.6. The second-order valence-electron chi connectivity index (χ2n) is 14.1. The number of halogens is 1. The van der Waals surface area contributed by atoms with E-state index in [1.165, 1.54) is 61.1 Å². The van der Waals surface area contributed by atoms with Gasteiger partial charge >= 0.3 is 11.9 Å². The summed E-state index contributed by atoms with van der Waals surface area (Å²) in [7, 11) is 0. The number of benzene rings is 1. The molecule has 16 nitrogen and oxygen atoms in total. The molecule has 5 aliphatic heterocycles. The molecule has 52 heavy (non-hydrogen) atoms. The number of aromatic hydroxyl groups is 2. The van der Waals surface area contributed by atoms with Crippen molar-refractivity contribution in [2.75, 3.05) is 38.5 Å². The van der Waals surface area contributed by atoms with Crippen LogP contribution in [0.15, 0.2) is 53.1 Å². The van der Waals surface area contributed by atoms with Crippen molar-refractivity contribution < 1.29 is 53.7 Å². The lowest BCUT2D eigenvalue weighted by Gasteiger charge is -2.56. The Labute approximate surface area is 307 Å². The molecule has 1 aromatic carbocycles. The zero-order valence-electron chi connectivity index (χ0n) is 28.3. The first kappa shape index (κ1) is 36.9. The summed E-state index contributed by atoms with van der Waals surface area (Å²) >= 11 is 7.43. The zero-order valence-corrected chi connectivity index (χ0v) is 29.9. The van der Waals surface area contributed by atoms with Gasteiger partial charge in [-0.3, -0.25) is 24.3 Å². The fourth-order valence-corrected chi connectivity index (χ4v) is 8.66. The standard InChI is InChI=1S/C34H37ClN6O10S/c1-33(2,32(49)50)51-39-23(18-4-3-10-36-14-18)28(45)38-24-29(46)40-25(31(47)48)19(16-52-30(24)40)15-41-11-7-34(8-12-41,9-13-41)17-37-27(44)20-5-6-21(42)26(43)22(20)35/h3-6,10,14,24,30H,7-9,11-13,15-17H2,1-2H3,(H5-,37,38,39,42,43,44,45,47,48,49,50)/p+1/t24?,30-,34?,41?/m1/s1. The van der Waals surface area contributed by atoms with Gasteiger partial charge in [0.25, 0.3) is 17.7 Å². The number of carbonyl (C=O) groups is 5. The maximum absolute atomic E-state index is 13.5. The topological polar surface area (TPSA) is 228 Å². The number of rotatable bonds is 12. The van der Waals surface area contributed by atoms with Crippen molar-refractivity contribution in [1.29, 1.82) is 0 Å². The predicted octanol–water partition coefficient (Wildman–Crippen LogP) is 1.90. The van der Waals surface area contributed by atoms with Crippen molar-refractivity contribution in [2.24, 2.45) is 10.6 Å². The van der Waals surface area contributed by atoms with E-state index in [1.54, 1.807) is 6.07 Å². The molecule has 0 radical (unpaired) electrons. The van der Waals surface area contributed by atoms with Gasteiger partial charge in [-0.05, 0) is 38.1 Å². The van der Waals surface area contributed by atoms with E-state index < -0.39 is 58.2 Å². The molecule has 0 aliphatic carbocycles. The number of nitrogens with one attached hydrogen (secondary N) is 2. The number of quaternary nitrogens is 1. The summed E-state index contributed by atoms with van der Waals surface area (Å²) in [6.07, 6.45) is 5.19. The van der Waals surface area contributed by atoms with Gasteiger partial charge in [0.2, 0.25) is 5.60 Å². The molecule has 0 spiro atoms. The minimum absolute atomic E-state index is 0.0598. The monoisotopic (exact) mass is 757 g/mol. The van der Waals surface area contributed by atoms with E-state index in [2.05, 4.69) is 20.8 Å². The maximum atomic E-state index is 13.5. The van der Waals surface area contributed by atoms with Crippen LogP contribution in [0, 0.1) is 5.41 Å². The number of thioether (sulfide) groups is 1. The Bertz CT molecular complexity index is 1880. The van der Waals surface area contributed by atoms with Gasteiger partial charge in [-0.15, -0.1) is 11.8 Å². The Kier molecular flexibility index (Phi) is 9.89. The number of nitrogens with zero attached hydrogens (tertiary/aromatic N) is 4. The third-order valence-corrected chi connectivity index (χ3v) is 12.1.